The number of aliphatic hydroxyl groups excluding tert-OH is 4. The molecule has 0 bridgehead atoms. The molecule has 1 aliphatic rings. The third kappa shape index (κ3) is 6.12. The Balaban J connectivity index is 2.07. The fourth-order valence-electron chi connectivity index (χ4n) is 3.05. The average molecular weight is 460 g/mol. The van der Waals surface area contributed by atoms with Gasteiger partial charge in [-0.3, -0.25) is 9.59 Å². The number of aliphatic carboxylic acids is 3. The van der Waals surface area contributed by atoms with Crippen LogP contribution in [0, 0.1) is 0 Å². The summed E-state index contributed by atoms with van der Waals surface area (Å²) in [4.78, 5) is 33.6. The summed E-state index contributed by atoms with van der Waals surface area (Å²) in [6, 6.07) is 5.56. The molecule has 0 aromatic heterocycles. The van der Waals surface area contributed by atoms with Gasteiger partial charge in [0, 0.05) is 0 Å². The van der Waals surface area contributed by atoms with E-state index in [4.69, 9.17) is 24.4 Å². The number of carbonyl (C=O) groups is 3. The molecule has 1 fully saturated rings. The van der Waals surface area contributed by atoms with E-state index in [2.05, 4.69) is 0 Å². The first kappa shape index (κ1) is 25.5. The van der Waals surface area contributed by atoms with Crippen molar-refractivity contribution in [3.8, 4) is 5.75 Å². The molecular weight excluding hydrogens is 436 g/mol. The molecule has 7 N–H and O–H groups in total. The van der Waals surface area contributed by atoms with Crippen molar-refractivity contribution in [1.82, 2.24) is 0 Å². The van der Waals surface area contributed by atoms with E-state index in [1.54, 1.807) is 0 Å². The Labute approximate surface area is 181 Å². The van der Waals surface area contributed by atoms with Crippen LogP contribution in [0.25, 0.3) is 0 Å². The maximum Gasteiger partial charge on any atom is 0.337 e. The van der Waals surface area contributed by atoms with E-state index in [0.29, 0.717) is 5.56 Å². The number of aliphatic hydroxyl groups is 4. The molecule has 1 aromatic rings. The first-order chi connectivity index (χ1) is 15.0. The predicted molar refractivity (Wildman–Crippen MR) is 100 cm³/mol. The van der Waals surface area contributed by atoms with Gasteiger partial charge >= 0.3 is 17.9 Å². The molecule has 0 amide bonds. The monoisotopic (exact) mass is 460 g/mol. The highest BCUT2D eigenvalue weighted by Gasteiger charge is 2.45. The Hall–Kier alpha value is -2.81. The molecule has 1 heterocycles. The summed E-state index contributed by atoms with van der Waals surface area (Å²) < 4.78 is 15.8. The second-order valence-corrected chi connectivity index (χ2v) is 7.19. The molecule has 1 aliphatic heterocycles. The molecule has 5 atom stereocenters. The number of carboxylic acid groups (broad SMARTS) is 3. The van der Waals surface area contributed by atoms with Crippen molar-refractivity contribution < 1.29 is 64.3 Å². The van der Waals surface area contributed by atoms with E-state index in [0.717, 1.165) is 0 Å². The van der Waals surface area contributed by atoms with E-state index >= 15 is 0 Å². The first-order valence-corrected chi connectivity index (χ1v) is 9.36. The standard InChI is InChI=1S/C19H24O13/c20-7-11-14(25)15(26)16(27)17(32-11)31-10-3-1-9(2-4-10)8-30-19(18(28)29,5-12(21)22)6-13(23)24/h1-4,11,14-17,20,25-27H,5-8H2,(H,21,22)(H,23,24)(H,28,29)/t11-,14-,15+,16-,17-/m1/s1. The number of hydrogen-bond donors (Lipinski definition) is 7. The summed E-state index contributed by atoms with van der Waals surface area (Å²) in [6.45, 7) is -1.05. The molecule has 2 rings (SSSR count). The Kier molecular flexibility index (Phi) is 8.49. The molecule has 13 heteroatoms. The Morgan fingerprint density at radius 3 is 1.94 bits per heavy atom. The summed E-state index contributed by atoms with van der Waals surface area (Å²) in [6.07, 6.45) is -9.46. The first-order valence-electron chi connectivity index (χ1n) is 9.36. The molecule has 0 spiro atoms. The minimum absolute atomic E-state index is 0.138. The molecule has 32 heavy (non-hydrogen) atoms. The molecule has 1 aromatic carbocycles. The quantitative estimate of drug-likeness (QED) is 0.193. The van der Waals surface area contributed by atoms with E-state index in [-0.39, 0.29) is 5.75 Å². The van der Waals surface area contributed by atoms with Crippen molar-refractivity contribution >= 4 is 17.9 Å². The summed E-state index contributed by atoms with van der Waals surface area (Å²) in [5.41, 5.74) is -2.11. The number of carboxylic acids is 3. The van der Waals surface area contributed by atoms with Crippen LogP contribution in [-0.4, -0.2) is 96.6 Å². The van der Waals surface area contributed by atoms with Crippen LogP contribution in [0.1, 0.15) is 18.4 Å². The number of ether oxygens (including phenoxy) is 3. The van der Waals surface area contributed by atoms with Crippen LogP contribution in [0.3, 0.4) is 0 Å². The van der Waals surface area contributed by atoms with Crippen LogP contribution in [0.4, 0.5) is 0 Å². The largest absolute Gasteiger partial charge is 0.481 e. The lowest BCUT2D eigenvalue weighted by Gasteiger charge is -2.39. The van der Waals surface area contributed by atoms with Crippen LogP contribution >= 0.6 is 0 Å². The highest BCUT2D eigenvalue weighted by Crippen LogP contribution is 2.26. The second-order valence-electron chi connectivity index (χ2n) is 7.19. The van der Waals surface area contributed by atoms with E-state index in [9.17, 15) is 39.9 Å². The van der Waals surface area contributed by atoms with Crippen molar-refractivity contribution in [2.75, 3.05) is 6.61 Å². The van der Waals surface area contributed by atoms with Crippen LogP contribution in [-0.2, 0) is 30.5 Å². The van der Waals surface area contributed by atoms with E-state index in [1.807, 2.05) is 0 Å². The number of rotatable bonds is 11. The third-order valence-corrected chi connectivity index (χ3v) is 4.80. The van der Waals surface area contributed by atoms with Gasteiger partial charge < -0.3 is 50.0 Å². The van der Waals surface area contributed by atoms with Crippen LogP contribution in [0.15, 0.2) is 24.3 Å². The van der Waals surface area contributed by atoms with Crippen molar-refractivity contribution in [2.45, 2.75) is 55.8 Å². The minimum atomic E-state index is -2.47. The van der Waals surface area contributed by atoms with Crippen molar-refractivity contribution in [1.29, 1.82) is 0 Å². The van der Waals surface area contributed by atoms with Gasteiger partial charge in [0.15, 0.2) is 5.60 Å². The lowest BCUT2D eigenvalue weighted by atomic mass is 9.95. The van der Waals surface area contributed by atoms with Gasteiger partial charge in [0.1, 0.15) is 30.2 Å². The van der Waals surface area contributed by atoms with Gasteiger partial charge in [0.2, 0.25) is 6.29 Å². The fourth-order valence-corrected chi connectivity index (χ4v) is 3.05. The summed E-state index contributed by atoms with van der Waals surface area (Å²) in [5.74, 6) is -4.68. The second kappa shape index (κ2) is 10.7. The lowest BCUT2D eigenvalue weighted by Crippen LogP contribution is -2.60. The molecule has 13 nitrogen and oxygen atoms in total. The zero-order chi connectivity index (χ0) is 24.1. The van der Waals surface area contributed by atoms with Crippen molar-refractivity contribution in [2.24, 2.45) is 0 Å². The lowest BCUT2D eigenvalue weighted by molar-refractivity contribution is -0.277. The van der Waals surface area contributed by atoms with Gasteiger partial charge in [-0.05, 0) is 17.7 Å². The average Bonchev–Trinajstić information content (AvgIpc) is 2.72. The number of benzene rings is 1. The highest BCUT2D eigenvalue weighted by atomic mass is 16.7. The predicted octanol–water partition coefficient (Wildman–Crippen LogP) is -1.85. The molecule has 178 valence electrons. The number of hydrogen-bond acceptors (Lipinski definition) is 10. The maximum atomic E-state index is 11.6. The van der Waals surface area contributed by atoms with Gasteiger partial charge in [-0.2, -0.15) is 0 Å². The van der Waals surface area contributed by atoms with E-state index < -0.39 is 80.3 Å². The Bertz CT molecular complexity index is 790. The minimum Gasteiger partial charge on any atom is -0.481 e. The van der Waals surface area contributed by atoms with Gasteiger partial charge in [0.25, 0.3) is 0 Å². The molecule has 1 saturated heterocycles. The SMILES string of the molecule is O=C(O)CC(CC(=O)O)(OCc1ccc(O[C@@H]2O[C@H](CO)[C@@H](O)[C@H](O)[C@H]2O)cc1)C(=O)O. The maximum absolute atomic E-state index is 11.6. The van der Waals surface area contributed by atoms with Gasteiger partial charge in [-0.1, -0.05) is 12.1 Å². The molecule has 0 unspecified atom stereocenters. The topological polar surface area (TPSA) is 221 Å². The summed E-state index contributed by atoms with van der Waals surface area (Å²) in [7, 11) is 0. The van der Waals surface area contributed by atoms with Gasteiger partial charge in [0.05, 0.1) is 26.1 Å². The zero-order valence-electron chi connectivity index (χ0n) is 16.6. The van der Waals surface area contributed by atoms with Crippen molar-refractivity contribution in [3.05, 3.63) is 29.8 Å². The Morgan fingerprint density at radius 1 is 0.906 bits per heavy atom. The van der Waals surface area contributed by atoms with E-state index in [1.165, 1.54) is 24.3 Å². The van der Waals surface area contributed by atoms with Crippen LogP contribution in [0.2, 0.25) is 0 Å². The Morgan fingerprint density at radius 2 is 1.47 bits per heavy atom. The van der Waals surface area contributed by atoms with Crippen LogP contribution < -0.4 is 4.74 Å². The molecular formula is C19H24O13. The normalized spacial score (nSPS) is 25.8. The summed E-state index contributed by atoms with van der Waals surface area (Å²) in [5, 5.41) is 66.0. The van der Waals surface area contributed by atoms with Gasteiger partial charge in [-0.25, -0.2) is 4.79 Å². The molecule has 0 radical (unpaired) electrons. The zero-order valence-corrected chi connectivity index (χ0v) is 16.6. The fraction of sp³-hybridized carbons (Fsp3) is 0.526. The molecule has 0 aliphatic carbocycles. The smallest absolute Gasteiger partial charge is 0.337 e. The third-order valence-electron chi connectivity index (χ3n) is 4.80. The van der Waals surface area contributed by atoms with Crippen LogP contribution in [0.5, 0.6) is 5.75 Å². The van der Waals surface area contributed by atoms with Crippen molar-refractivity contribution in [3.63, 3.8) is 0 Å². The summed E-state index contributed by atoms with van der Waals surface area (Å²) >= 11 is 0. The molecule has 0 saturated carbocycles. The highest BCUT2D eigenvalue weighted by molar-refractivity contribution is 5.88. The van der Waals surface area contributed by atoms with Gasteiger partial charge in [-0.15, -0.1) is 0 Å².